The van der Waals surface area contributed by atoms with Crippen LogP contribution in [-0.4, -0.2) is 118 Å². The van der Waals surface area contributed by atoms with Crippen LogP contribution in [0.3, 0.4) is 0 Å². The summed E-state index contributed by atoms with van der Waals surface area (Å²) in [6.45, 7) is 0. The Morgan fingerprint density at radius 2 is 0.333 bits per heavy atom. The fourth-order valence-electron chi connectivity index (χ4n) is 0. The molecule has 0 amide bonds. The molecule has 0 spiro atoms. The zero-order chi connectivity index (χ0) is 0. The molecule has 0 bridgehead atoms. The van der Waals surface area contributed by atoms with Crippen LogP contribution in [0.2, 0.25) is 0 Å². The third-order valence-corrected chi connectivity index (χ3v) is 0. The van der Waals surface area contributed by atoms with Crippen molar-refractivity contribution in [3.63, 3.8) is 0 Å². The van der Waals surface area contributed by atoms with E-state index in [1.54, 1.807) is 0 Å². The summed E-state index contributed by atoms with van der Waals surface area (Å²) in [7, 11) is 0. The van der Waals surface area contributed by atoms with E-state index in [9.17, 15) is 0 Å². The molecule has 0 rings (SSSR count). The van der Waals surface area contributed by atoms with Crippen molar-refractivity contribution >= 4 is 118 Å². The zero-order valence-electron chi connectivity index (χ0n) is 0.603. The van der Waals surface area contributed by atoms with Crippen LogP contribution in [0.5, 0.6) is 0 Å². The Hall–Kier alpha value is 5.04. The number of hydrogen-bond acceptors (Lipinski definition) is 0. The van der Waals surface area contributed by atoms with Crippen LogP contribution < -0.4 is 0 Å². The Morgan fingerprint density at radius 1 is 0.333 bits per heavy atom. The molecule has 0 N–H and O–H groups in total. The summed E-state index contributed by atoms with van der Waals surface area (Å²) >= 11 is 0. The summed E-state index contributed by atoms with van der Waals surface area (Å²) < 4.78 is 0. The van der Waals surface area contributed by atoms with Crippen molar-refractivity contribution in [1.29, 1.82) is 0 Å². The molecule has 0 aromatic heterocycles. The standard InChI is InChI=1S/2Cu.4Na.4H. The van der Waals surface area contributed by atoms with Gasteiger partial charge in [0.2, 0.25) is 0 Å². The molecule has 0 fully saturated rings. The van der Waals surface area contributed by atoms with E-state index >= 15 is 0 Å². The van der Waals surface area contributed by atoms with E-state index in [-0.39, 0.29) is 152 Å². The van der Waals surface area contributed by atoms with Gasteiger partial charge in [-0.25, -0.2) is 0 Å². The summed E-state index contributed by atoms with van der Waals surface area (Å²) in [6, 6.07) is 0. The van der Waals surface area contributed by atoms with Gasteiger partial charge in [-0.15, -0.1) is 0 Å². The van der Waals surface area contributed by atoms with Gasteiger partial charge >= 0.3 is 118 Å². The molecule has 0 aromatic rings. The van der Waals surface area contributed by atoms with Gasteiger partial charge in [0, 0.05) is 34.1 Å². The van der Waals surface area contributed by atoms with Gasteiger partial charge in [-0.05, 0) is 0 Å². The van der Waals surface area contributed by atoms with Crippen molar-refractivity contribution in [1.82, 2.24) is 0 Å². The Kier molecular flexibility index (Phi) is 236. The Balaban J connectivity index is 0. The third kappa shape index (κ3) is 23.0. The van der Waals surface area contributed by atoms with Gasteiger partial charge in [0.25, 0.3) is 0 Å². The minimum atomic E-state index is 0. The predicted molar refractivity (Wildman–Crippen MR) is 28.6 cm³/mol. The summed E-state index contributed by atoms with van der Waals surface area (Å²) in [5.41, 5.74) is 0. The molecule has 0 unspecified atom stereocenters. The Morgan fingerprint density at radius 3 is 0.333 bits per heavy atom. The van der Waals surface area contributed by atoms with Crippen molar-refractivity contribution in [2.45, 2.75) is 0 Å². The van der Waals surface area contributed by atoms with Crippen molar-refractivity contribution in [3.8, 4) is 0 Å². The molecule has 0 saturated carbocycles. The van der Waals surface area contributed by atoms with E-state index in [0.717, 1.165) is 0 Å². The van der Waals surface area contributed by atoms with Crippen LogP contribution in [0.1, 0.15) is 0 Å². The van der Waals surface area contributed by atoms with E-state index in [4.69, 9.17) is 0 Å². The van der Waals surface area contributed by atoms with E-state index in [0.29, 0.717) is 0 Å². The molecule has 0 aliphatic carbocycles. The molecule has 0 atom stereocenters. The normalized spacial score (nSPS) is 0. The molecule has 0 aliphatic heterocycles. The van der Waals surface area contributed by atoms with Crippen LogP contribution in [-0.2, 0) is 34.1 Å². The maximum absolute atomic E-state index is 0. The van der Waals surface area contributed by atoms with Crippen LogP contribution in [0.15, 0.2) is 0 Å². The van der Waals surface area contributed by atoms with Crippen LogP contribution in [0.25, 0.3) is 0 Å². The summed E-state index contributed by atoms with van der Waals surface area (Å²) in [5.74, 6) is 0. The quantitative estimate of drug-likeness (QED) is 0.395. The molecule has 6 heavy (non-hydrogen) atoms. The Labute approximate surface area is 148 Å². The first kappa shape index (κ1) is 43.8. The topological polar surface area (TPSA) is 0 Å². The van der Waals surface area contributed by atoms with Crippen molar-refractivity contribution < 1.29 is 34.1 Å². The summed E-state index contributed by atoms with van der Waals surface area (Å²) in [6.07, 6.45) is 0. The second-order valence-corrected chi connectivity index (χ2v) is 0. The Bertz CT molecular complexity index is 5.51. The van der Waals surface area contributed by atoms with Gasteiger partial charge in [-0.1, -0.05) is 0 Å². The van der Waals surface area contributed by atoms with Crippen molar-refractivity contribution in [3.05, 3.63) is 0 Å². The molecule has 0 heterocycles. The third-order valence-electron chi connectivity index (χ3n) is 0. The van der Waals surface area contributed by atoms with Gasteiger partial charge in [-0.3, -0.25) is 0 Å². The molecule has 0 aliphatic rings. The summed E-state index contributed by atoms with van der Waals surface area (Å²) in [5, 5.41) is 0. The molecule has 30 valence electrons. The SMILES string of the molecule is [Cu].[Cu].[NaH].[NaH].[NaH].[NaH]. The first-order valence-corrected chi connectivity index (χ1v) is 0. The average molecular weight is 223 g/mol. The first-order chi connectivity index (χ1) is 0. The fraction of sp³-hybridized carbons (Fsp3) is 0. The number of rotatable bonds is 0. The molecular formula is H4Cu2Na4. The predicted octanol–water partition coefficient (Wildman–Crippen LogP) is -2.60. The molecule has 6 heteroatoms. The van der Waals surface area contributed by atoms with Crippen LogP contribution in [0.4, 0.5) is 0 Å². The van der Waals surface area contributed by atoms with E-state index in [1.165, 1.54) is 0 Å². The minimum absolute atomic E-state index is 0. The molecular weight excluding hydrogens is 219 g/mol. The molecule has 0 aromatic carbocycles. The number of hydrogen-bond donors (Lipinski definition) is 0. The second kappa shape index (κ2) is 32.3. The van der Waals surface area contributed by atoms with Crippen LogP contribution in [0, 0.1) is 0 Å². The van der Waals surface area contributed by atoms with Crippen molar-refractivity contribution in [2.75, 3.05) is 0 Å². The van der Waals surface area contributed by atoms with E-state index in [2.05, 4.69) is 0 Å². The monoisotopic (exact) mass is 222 g/mol. The fourth-order valence-corrected chi connectivity index (χ4v) is 0. The van der Waals surface area contributed by atoms with Gasteiger partial charge in [0.15, 0.2) is 0 Å². The van der Waals surface area contributed by atoms with E-state index in [1.807, 2.05) is 0 Å². The van der Waals surface area contributed by atoms with E-state index < -0.39 is 0 Å². The second-order valence-electron chi connectivity index (χ2n) is 0. The van der Waals surface area contributed by atoms with Crippen molar-refractivity contribution in [2.24, 2.45) is 0 Å². The van der Waals surface area contributed by atoms with Gasteiger partial charge in [0.1, 0.15) is 0 Å². The zero-order valence-corrected chi connectivity index (χ0v) is 2.49. The van der Waals surface area contributed by atoms with Crippen LogP contribution >= 0.6 is 0 Å². The molecule has 0 saturated heterocycles. The van der Waals surface area contributed by atoms with Gasteiger partial charge in [0.05, 0.1) is 0 Å². The maximum atomic E-state index is 0. The molecule has 0 nitrogen and oxygen atoms in total. The first-order valence-electron chi connectivity index (χ1n) is 0. The average Bonchev–Trinajstić information content (AvgIpc) is 0. The summed E-state index contributed by atoms with van der Waals surface area (Å²) in [4.78, 5) is 0. The van der Waals surface area contributed by atoms with Gasteiger partial charge in [-0.2, -0.15) is 0 Å². The van der Waals surface area contributed by atoms with Gasteiger partial charge < -0.3 is 0 Å². The molecule has 2 radical (unpaired) electrons.